The number of rotatable bonds is 4. The number of nitrogens with one attached hydrogen (secondary N) is 2. The molecule has 4 bridgehead atoms. The Hall–Kier alpha value is -1.88. The minimum Gasteiger partial charge on any atom is -0.340 e. The SMILES string of the molecule is NNC(=O)[C@@H](NC(=O)c1ccccc1)C12CC3CC(CC(C3)C1)C2. The number of benzene rings is 1. The molecule has 0 heterocycles. The number of hydrogen-bond donors (Lipinski definition) is 3. The molecule has 1 atom stereocenters. The van der Waals surface area contributed by atoms with E-state index in [1.54, 1.807) is 12.1 Å². The van der Waals surface area contributed by atoms with E-state index in [2.05, 4.69) is 10.7 Å². The first-order valence-corrected chi connectivity index (χ1v) is 8.96. The Kier molecular flexibility index (Phi) is 3.83. The van der Waals surface area contributed by atoms with Gasteiger partial charge < -0.3 is 5.32 Å². The molecule has 5 heteroatoms. The third kappa shape index (κ3) is 2.61. The largest absolute Gasteiger partial charge is 0.340 e. The smallest absolute Gasteiger partial charge is 0.257 e. The summed E-state index contributed by atoms with van der Waals surface area (Å²) in [4.78, 5) is 25.2. The van der Waals surface area contributed by atoms with Crippen molar-refractivity contribution < 1.29 is 9.59 Å². The van der Waals surface area contributed by atoms with Crippen molar-refractivity contribution in [1.82, 2.24) is 10.7 Å². The van der Waals surface area contributed by atoms with Crippen LogP contribution in [0, 0.1) is 23.2 Å². The van der Waals surface area contributed by atoms with Crippen LogP contribution in [0.2, 0.25) is 0 Å². The summed E-state index contributed by atoms with van der Waals surface area (Å²) in [6, 6.07) is 8.54. The van der Waals surface area contributed by atoms with Gasteiger partial charge in [0.15, 0.2) is 0 Å². The van der Waals surface area contributed by atoms with Crippen LogP contribution < -0.4 is 16.6 Å². The fourth-order valence-electron chi connectivity index (χ4n) is 5.92. The molecule has 0 aromatic heterocycles. The molecule has 5 nitrogen and oxygen atoms in total. The summed E-state index contributed by atoms with van der Waals surface area (Å²) in [6.45, 7) is 0. The lowest BCUT2D eigenvalue weighted by atomic mass is 9.47. The second-order valence-electron chi connectivity index (χ2n) is 8.06. The van der Waals surface area contributed by atoms with Crippen molar-refractivity contribution in [2.24, 2.45) is 29.0 Å². The van der Waals surface area contributed by atoms with E-state index in [0.717, 1.165) is 19.3 Å². The van der Waals surface area contributed by atoms with E-state index in [1.807, 2.05) is 18.2 Å². The summed E-state index contributed by atoms with van der Waals surface area (Å²) in [5.74, 6) is 7.12. The summed E-state index contributed by atoms with van der Waals surface area (Å²) in [5.41, 5.74) is 2.75. The van der Waals surface area contributed by atoms with E-state index in [1.165, 1.54) is 19.3 Å². The molecule has 24 heavy (non-hydrogen) atoms. The maximum absolute atomic E-state index is 12.6. The topological polar surface area (TPSA) is 84.2 Å². The maximum Gasteiger partial charge on any atom is 0.257 e. The monoisotopic (exact) mass is 327 g/mol. The standard InChI is InChI=1S/C19H25N3O2/c20-22-18(24)16(21-17(23)15-4-2-1-3-5-15)19-9-12-6-13(10-19)8-14(7-12)11-19/h1-5,12-14,16H,6-11,20H2,(H,21,23)(H,22,24)/t12?,13?,14?,16-,19?/m1/s1. The lowest BCUT2D eigenvalue weighted by Gasteiger charge is -2.58. The summed E-state index contributed by atoms with van der Waals surface area (Å²) >= 11 is 0. The predicted molar refractivity (Wildman–Crippen MR) is 90.6 cm³/mol. The van der Waals surface area contributed by atoms with E-state index in [0.29, 0.717) is 23.3 Å². The third-order valence-electron chi connectivity index (χ3n) is 6.41. The van der Waals surface area contributed by atoms with Gasteiger partial charge in [0.25, 0.3) is 11.8 Å². The first-order valence-electron chi connectivity index (χ1n) is 8.96. The highest BCUT2D eigenvalue weighted by Crippen LogP contribution is 2.61. The van der Waals surface area contributed by atoms with Crippen molar-refractivity contribution in [3.8, 4) is 0 Å². The molecule has 0 unspecified atom stereocenters. The molecule has 1 aromatic rings. The van der Waals surface area contributed by atoms with Crippen LogP contribution >= 0.6 is 0 Å². The molecule has 128 valence electrons. The molecular weight excluding hydrogens is 302 g/mol. The van der Waals surface area contributed by atoms with Crippen molar-refractivity contribution in [1.29, 1.82) is 0 Å². The van der Waals surface area contributed by atoms with Gasteiger partial charge in [-0.2, -0.15) is 0 Å². The molecule has 4 fully saturated rings. The van der Waals surface area contributed by atoms with Gasteiger partial charge in [0.1, 0.15) is 6.04 Å². The second kappa shape index (κ2) is 5.88. The zero-order chi connectivity index (χ0) is 16.7. The molecule has 0 spiro atoms. The van der Waals surface area contributed by atoms with Crippen LogP contribution in [0.4, 0.5) is 0 Å². The first kappa shape index (κ1) is 15.6. The minimum atomic E-state index is -0.538. The van der Waals surface area contributed by atoms with Gasteiger partial charge in [-0.1, -0.05) is 18.2 Å². The van der Waals surface area contributed by atoms with Gasteiger partial charge >= 0.3 is 0 Å². The molecule has 0 saturated heterocycles. The number of carbonyl (C=O) groups is 2. The van der Waals surface area contributed by atoms with Crippen LogP contribution in [0.25, 0.3) is 0 Å². The van der Waals surface area contributed by atoms with E-state index >= 15 is 0 Å². The number of carbonyl (C=O) groups excluding carboxylic acids is 2. The Labute approximate surface area is 142 Å². The number of nitrogens with two attached hydrogens (primary N) is 1. The molecule has 0 radical (unpaired) electrons. The van der Waals surface area contributed by atoms with Gasteiger partial charge in [-0.05, 0) is 68.4 Å². The highest BCUT2D eigenvalue weighted by atomic mass is 16.2. The molecule has 5 rings (SSSR count). The molecule has 0 aliphatic heterocycles. The highest BCUT2D eigenvalue weighted by Gasteiger charge is 2.56. The lowest BCUT2D eigenvalue weighted by molar-refractivity contribution is -0.134. The first-order chi connectivity index (χ1) is 11.6. The maximum atomic E-state index is 12.6. The Morgan fingerprint density at radius 1 is 1.00 bits per heavy atom. The van der Waals surface area contributed by atoms with Gasteiger partial charge in [0.05, 0.1) is 0 Å². The molecule has 2 amide bonds. The van der Waals surface area contributed by atoms with Crippen LogP contribution in [0.1, 0.15) is 48.9 Å². The van der Waals surface area contributed by atoms with Gasteiger partial charge in [-0.3, -0.25) is 15.0 Å². The lowest BCUT2D eigenvalue weighted by Crippen LogP contribution is -2.62. The van der Waals surface area contributed by atoms with Crippen LogP contribution in [0.5, 0.6) is 0 Å². The predicted octanol–water partition coefficient (Wildman–Crippen LogP) is 1.99. The van der Waals surface area contributed by atoms with Crippen molar-refractivity contribution in [3.05, 3.63) is 35.9 Å². The Morgan fingerprint density at radius 2 is 1.54 bits per heavy atom. The summed E-state index contributed by atoms with van der Waals surface area (Å²) in [7, 11) is 0. The average molecular weight is 327 g/mol. The van der Waals surface area contributed by atoms with E-state index in [4.69, 9.17) is 5.84 Å². The average Bonchev–Trinajstić information content (AvgIpc) is 2.58. The van der Waals surface area contributed by atoms with Crippen LogP contribution in [0.15, 0.2) is 30.3 Å². The van der Waals surface area contributed by atoms with Gasteiger partial charge in [-0.15, -0.1) is 0 Å². The Bertz CT molecular complexity index is 608. The van der Waals surface area contributed by atoms with Gasteiger partial charge in [0.2, 0.25) is 0 Å². The number of amides is 2. The molecule has 4 saturated carbocycles. The fourth-order valence-corrected chi connectivity index (χ4v) is 5.92. The highest BCUT2D eigenvalue weighted by molar-refractivity contribution is 5.97. The number of hydrogen-bond acceptors (Lipinski definition) is 3. The zero-order valence-corrected chi connectivity index (χ0v) is 13.8. The van der Waals surface area contributed by atoms with E-state index < -0.39 is 6.04 Å². The van der Waals surface area contributed by atoms with Crippen molar-refractivity contribution in [2.75, 3.05) is 0 Å². The van der Waals surface area contributed by atoms with Crippen molar-refractivity contribution in [2.45, 2.75) is 44.6 Å². The second-order valence-corrected chi connectivity index (χ2v) is 8.06. The Morgan fingerprint density at radius 3 is 2.04 bits per heavy atom. The zero-order valence-electron chi connectivity index (χ0n) is 13.8. The quantitative estimate of drug-likeness (QED) is 0.449. The van der Waals surface area contributed by atoms with Crippen LogP contribution in [0.3, 0.4) is 0 Å². The normalized spacial score (nSPS) is 34.6. The summed E-state index contributed by atoms with van der Waals surface area (Å²) < 4.78 is 0. The summed E-state index contributed by atoms with van der Waals surface area (Å²) in [5, 5.41) is 3.01. The van der Waals surface area contributed by atoms with Gasteiger partial charge in [-0.25, -0.2) is 5.84 Å². The summed E-state index contributed by atoms with van der Waals surface area (Å²) in [6.07, 6.45) is 6.99. The fraction of sp³-hybridized carbons (Fsp3) is 0.579. The molecule has 4 aliphatic carbocycles. The molecule has 4 aliphatic rings. The minimum absolute atomic E-state index is 0.122. The number of hydrazine groups is 1. The van der Waals surface area contributed by atoms with Crippen molar-refractivity contribution >= 4 is 11.8 Å². The van der Waals surface area contributed by atoms with E-state index in [9.17, 15) is 9.59 Å². The molecule has 4 N–H and O–H groups in total. The van der Waals surface area contributed by atoms with E-state index in [-0.39, 0.29) is 17.2 Å². The molecule has 1 aromatic carbocycles. The van der Waals surface area contributed by atoms with Gasteiger partial charge in [0, 0.05) is 11.0 Å². The van der Waals surface area contributed by atoms with Crippen LogP contribution in [-0.4, -0.2) is 17.9 Å². The van der Waals surface area contributed by atoms with Crippen LogP contribution in [-0.2, 0) is 4.79 Å². The molecular formula is C19H25N3O2. The third-order valence-corrected chi connectivity index (χ3v) is 6.41. The Balaban J connectivity index is 1.60. The van der Waals surface area contributed by atoms with Crippen molar-refractivity contribution in [3.63, 3.8) is 0 Å².